The number of halogens is 1. The first-order chi connectivity index (χ1) is 9.26. The molecular weight excluding hydrogens is 262 g/mol. The Hall–Kier alpha value is -1.03. The highest BCUT2D eigenvalue weighted by Gasteiger charge is 2.25. The van der Waals surface area contributed by atoms with Crippen LogP contribution in [0.3, 0.4) is 0 Å². The van der Waals surface area contributed by atoms with E-state index in [9.17, 15) is 4.79 Å². The van der Waals surface area contributed by atoms with Crippen LogP contribution in [0, 0.1) is 5.92 Å². The van der Waals surface area contributed by atoms with Crippen LogP contribution >= 0.6 is 11.6 Å². The summed E-state index contributed by atoms with van der Waals surface area (Å²) in [7, 11) is 0. The van der Waals surface area contributed by atoms with E-state index in [0.717, 1.165) is 25.8 Å². The zero-order valence-corrected chi connectivity index (χ0v) is 12.2. The Kier molecular flexibility index (Phi) is 5.25. The number of nitrogens with zero attached hydrogens (tertiary/aromatic N) is 2. The van der Waals surface area contributed by atoms with Crippen molar-refractivity contribution in [1.29, 1.82) is 0 Å². The molecule has 2 rings (SSSR count). The molecule has 1 heterocycles. The fourth-order valence-electron chi connectivity index (χ4n) is 2.72. The third-order valence-corrected chi connectivity index (χ3v) is 4.20. The van der Waals surface area contributed by atoms with E-state index in [2.05, 4.69) is 17.2 Å². The first-order valence-electron chi connectivity index (χ1n) is 7.14. The largest absolute Gasteiger partial charge is 0.362 e. The average molecular weight is 284 g/mol. The van der Waals surface area contributed by atoms with Crippen molar-refractivity contribution in [3.8, 4) is 0 Å². The van der Waals surface area contributed by atoms with Crippen molar-refractivity contribution in [2.75, 3.05) is 11.2 Å². The first kappa shape index (κ1) is 14.4. The molecule has 0 bridgehead atoms. The van der Waals surface area contributed by atoms with Crippen LogP contribution in [0.15, 0.2) is 17.2 Å². The van der Waals surface area contributed by atoms with E-state index in [1.165, 1.54) is 12.8 Å². The van der Waals surface area contributed by atoms with Crippen molar-refractivity contribution in [1.82, 2.24) is 9.55 Å². The van der Waals surface area contributed by atoms with E-state index in [0.29, 0.717) is 17.6 Å². The third-order valence-electron chi connectivity index (χ3n) is 3.81. The fraction of sp³-hybridized carbons (Fsp3) is 0.714. The second-order valence-corrected chi connectivity index (χ2v) is 5.53. The van der Waals surface area contributed by atoms with E-state index < -0.39 is 0 Å². The van der Waals surface area contributed by atoms with Gasteiger partial charge in [0.25, 0.3) is 5.56 Å². The molecule has 19 heavy (non-hydrogen) atoms. The Labute approximate surface area is 119 Å². The van der Waals surface area contributed by atoms with Gasteiger partial charge in [0.05, 0.1) is 0 Å². The Bertz CT molecular complexity index is 460. The zero-order chi connectivity index (χ0) is 13.7. The quantitative estimate of drug-likeness (QED) is 0.845. The average Bonchev–Trinajstić information content (AvgIpc) is 2.44. The number of alkyl halides is 1. The third kappa shape index (κ3) is 3.50. The molecule has 0 amide bonds. The Morgan fingerprint density at radius 3 is 3.00 bits per heavy atom. The standard InChI is InChI=1S/C14H22ClN3O/c1-2-8-18-9-7-16-13(14(18)19)17-12-6-4-3-5-11(12)10-15/h7,9,11-12H,2-6,8,10H2,1H3,(H,16,17). The van der Waals surface area contributed by atoms with Crippen LogP contribution in [0.4, 0.5) is 5.82 Å². The van der Waals surface area contributed by atoms with E-state index in [1.54, 1.807) is 17.0 Å². The highest BCUT2D eigenvalue weighted by atomic mass is 35.5. The molecule has 106 valence electrons. The number of aryl methyl sites for hydroxylation is 1. The topological polar surface area (TPSA) is 46.9 Å². The van der Waals surface area contributed by atoms with Gasteiger partial charge in [-0.3, -0.25) is 4.79 Å². The molecule has 4 nitrogen and oxygen atoms in total. The molecule has 0 aromatic carbocycles. The van der Waals surface area contributed by atoms with Gasteiger partial charge in [-0.05, 0) is 25.2 Å². The molecule has 0 radical (unpaired) electrons. The predicted molar refractivity (Wildman–Crippen MR) is 78.9 cm³/mol. The lowest BCUT2D eigenvalue weighted by Gasteiger charge is -2.31. The second kappa shape index (κ2) is 6.94. The van der Waals surface area contributed by atoms with Gasteiger partial charge in [0.2, 0.25) is 0 Å². The summed E-state index contributed by atoms with van der Waals surface area (Å²) in [6, 6.07) is 0.281. The SMILES string of the molecule is CCCn1ccnc(NC2CCCCC2CCl)c1=O. The van der Waals surface area contributed by atoms with E-state index in [4.69, 9.17) is 11.6 Å². The van der Waals surface area contributed by atoms with Crippen LogP contribution in [0.25, 0.3) is 0 Å². The van der Waals surface area contributed by atoms with Crippen molar-refractivity contribution in [3.63, 3.8) is 0 Å². The van der Waals surface area contributed by atoms with Crippen LogP contribution < -0.4 is 10.9 Å². The summed E-state index contributed by atoms with van der Waals surface area (Å²) in [4.78, 5) is 16.4. The number of aromatic nitrogens is 2. The maximum Gasteiger partial charge on any atom is 0.293 e. The maximum absolute atomic E-state index is 12.2. The van der Waals surface area contributed by atoms with Gasteiger partial charge in [-0.25, -0.2) is 4.98 Å². The molecule has 1 aromatic heterocycles. The van der Waals surface area contributed by atoms with Crippen molar-refractivity contribution in [3.05, 3.63) is 22.7 Å². The molecule has 1 aliphatic rings. The fourth-order valence-corrected chi connectivity index (χ4v) is 3.09. The van der Waals surface area contributed by atoms with Crippen LogP contribution in [0.2, 0.25) is 0 Å². The van der Waals surface area contributed by atoms with Crippen molar-refractivity contribution in [2.45, 2.75) is 51.6 Å². The van der Waals surface area contributed by atoms with E-state index in [1.807, 2.05) is 0 Å². The molecule has 1 N–H and O–H groups in total. The Morgan fingerprint density at radius 2 is 2.26 bits per heavy atom. The minimum Gasteiger partial charge on any atom is -0.362 e. The molecule has 1 aromatic rings. The highest BCUT2D eigenvalue weighted by Crippen LogP contribution is 2.27. The lowest BCUT2D eigenvalue weighted by atomic mass is 9.86. The number of hydrogen-bond donors (Lipinski definition) is 1. The van der Waals surface area contributed by atoms with E-state index >= 15 is 0 Å². The van der Waals surface area contributed by atoms with Gasteiger partial charge in [-0.2, -0.15) is 0 Å². The number of hydrogen-bond acceptors (Lipinski definition) is 3. The van der Waals surface area contributed by atoms with Crippen molar-refractivity contribution in [2.24, 2.45) is 5.92 Å². The normalized spacial score (nSPS) is 23.3. The van der Waals surface area contributed by atoms with Gasteiger partial charge in [-0.15, -0.1) is 11.6 Å². The van der Waals surface area contributed by atoms with E-state index in [-0.39, 0.29) is 11.6 Å². The van der Waals surface area contributed by atoms with Gasteiger partial charge < -0.3 is 9.88 Å². The molecule has 2 unspecified atom stereocenters. The van der Waals surface area contributed by atoms with Gasteiger partial charge >= 0.3 is 0 Å². The molecule has 1 aliphatic carbocycles. The summed E-state index contributed by atoms with van der Waals surface area (Å²) in [5.74, 6) is 1.56. The molecule has 5 heteroatoms. The zero-order valence-electron chi connectivity index (χ0n) is 11.4. The summed E-state index contributed by atoms with van der Waals surface area (Å²) in [6.45, 7) is 2.80. The molecule has 2 atom stereocenters. The van der Waals surface area contributed by atoms with Gasteiger partial charge in [0.15, 0.2) is 5.82 Å². The second-order valence-electron chi connectivity index (χ2n) is 5.22. The lowest BCUT2D eigenvalue weighted by Crippen LogP contribution is -2.36. The van der Waals surface area contributed by atoms with Crippen LogP contribution in [-0.2, 0) is 6.54 Å². The summed E-state index contributed by atoms with van der Waals surface area (Å²) in [5.41, 5.74) is -0.0248. The van der Waals surface area contributed by atoms with Gasteiger partial charge in [0, 0.05) is 30.9 Å². The Balaban J connectivity index is 2.13. The summed E-state index contributed by atoms with van der Waals surface area (Å²) >= 11 is 6.02. The predicted octanol–water partition coefficient (Wildman–Crippen LogP) is 2.86. The van der Waals surface area contributed by atoms with Crippen molar-refractivity contribution >= 4 is 17.4 Å². The smallest absolute Gasteiger partial charge is 0.293 e. The van der Waals surface area contributed by atoms with Crippen molar-refractivity contribution < 1.29 is 0 Å². The highest BCUT2D eigenvalue weighted by molar-refractivity contribution is 6.18. The lowest BCUT2D eigenvalue weighted by molar-refractivity contribution is 0.352. The van der Waals surface area contributed by atoms with Crippen LogP contribution in [-0.4, -0.2) is 21.5 Å². The number of nitrogens with one attached hydrogen (secondary N) is 1. The minimum atomic E-state index is -0.0248. The monoisotopic (exact) mass is 283 g/mol. The van der Waals surface area contributed by atoms with Crippen LogP contribution in [0.1, 0.15) is 39.0 Å². The summed E-state index contributed by atoms with van der Waals surface area (Å²) < 4.78 is 1.72. The minimum absolute atomic E-state index is 0.0248. The number of anilines is 1. The first-order valence-corrected chi connectivity index (χ1v) is 7.67. The van der Waals surface area contributed by atoms with Crippen LogP contribution in [0.5, 0.6) is 0 Å². The number of rotatable bonds is 5. The summed E-state index contributed by atoms with van der Waals surface area (Å²) in [6.07, 6.45) is 9.02. The molecule has 1 saturated carbocycles. The summed E-state index contributed by atoms with van der Waals surface area (Å²) in [5, 5.41) is 3.32. The Morgan fingerprint density at radius 1 is 1.47 bits per heavy atom. The van der Waals surface area contributed by atoms with Gasteiger partial charge in [0.1, 0.15) is 0 Å². The van der Waals surface area contributed by atoms with Gasteiger partial charge in [-0.1, -0.05) is 19.8 Å². The molecular formula is C14H22ClN3O. The molecule has 1 fully saturated rings. The molecule has 0 spiro atoms. The maximum atomic E-state index is 12.2. The molecule has 0 saturated heterocycles. The molecule has 0 aliphatic heterocycles.